The first kappa shape index (κ1) is 15.1. The lowest BCUT2D eigenvalue weighted by Crippen LogP contribution is -2.10. The van der Waals surface area contributed by atoms with Crippen LogP contribution >= 0.6 is 11.3 Å². The third-order valence-electron chi connectivity index (χ3n) is 3.23. The van der Waals surface area contributed by atoms with Crippen LogP contribution in [-0.2, 0) is 16.9 Å². The highest BCUT2D eigenvalue weighted by molar-refractivity contribution is 7.90. The molecule has 0 amide bonds. The van der Waals surface area contributed by atoms with E-state index in [9.17, 15) is 4.55 Å². The minimum absolute atomic E-state index is 0.172. The highest BCUT2D eigenvalue weighted by Gasteiger charge is 2.19. The lowest BCUT2D eigenvalue weighted by atomic mass is 10.3. The SMILES string of the molecule is [O-][S+](Cc1nccc(Oc2ccccc2)n1)c1nc2cscc2[nH]1. The molecule has 0 saturated carbocycles. The van der Waals surface area contributed by atoms with Crippen LogP contribution in [0.1, 0.15) is 5.82 Å². The van der Waals surface area contributed by atoms with E-state index in [4.69, 9.17) is 4.74 Å². The number of thiophene rings is 1. The molecule has 0 aliphatic heterocycles. The normalized spacial score (nSPS) is 12.4. The third kappa shape index (κ3) is 3.25. The van der Waals surface area contributed by atoms with Gasteiger partial charge in [0.1, 0.15) is 11.3 Å². The Morgan fingerprint density at radius 3 is 2.83 bits per heavy atom. The number of hydrogen-bond acceptors (Lipinski definition) is 6. The summed E-state index contributed by atoms with van der Waals surface area (Å²) >= 11 is 0.210. The lowest BCUT2D eigenvalue weighted by molar-refractivity contribution is 0.459. The van der Waals surface area contributed by atoms with Gasteiger partial charge in [-0.05, 0) is 12.1 Å². The van der Waals surface area contributed by atoms with Crippen molar-refractivity contribution in [3.05, 3.63) is 59.2 Å². The van der Waals surface area contributed by atoms with Crippen LogP contribution in [0, 0.1) is 0 Å². The lowest BCUT2D eigenvalue weighted by Gasteiger charge is -2.08. The predicted octanol–water partition coefficient (Wildman–Crippen LogP) is 3.51. The van der Waals surface area contributed by atoms with Crippen molar-refractivity contribution < 1.29 is 9.29 Å². The second kappa shape index (κ2) is 6.60. The maximum Gasteiger partial charge on any atom is 0.322 e. The molecule has 1 unspecified atom stereocenters. The van der Waals surface area contributed by atoms with Gasteiger partial charge in [0.15, 0.2) is 11.6 Å². The summed E-state index contributed by atoms with van der Waals surface area (Å²) < 4.78 is 18.1. The highest BCUT2D eigenvalue weighted by atomic mass is 32.2. The van der Waals surface area contributed by atoms with Crippen molar-refractivity contribution in [2.75, 3.05) is 0 Å². The first-order chi connectivity index (χ1) is 11.8. The molecule has 0 spiro atoms. The number of imidazole rings is 1. The van der Waals surface area contributed by atoms with E-state index in [0.29, 0.717) is 22.6 Å². The van der Waals surface area contributed by atoms with E-state index in [1.807, 2.05) is 41.1 Å². The second-order valence-electron chi connectivity index (χ2n) is 4.93. The molecule has 1 N–H and O–H groups in total. The fourth-order valence-electron chi connectivity index (χ4n) is 2.13. The van der Waals surface area contributed by atoms with Crippen LogP contribution in [0.5, 0.6) is 11.6 Å². The Hall–Kier alpha value is -2.42. The fourth-order valence-corrected chi connectivity index (χ4v) is 3.76. The van der Waals surface area contributed by atoms with Crippen LogP contribution in [-0.4, -0.2) is 24.5 Å². The van der Waals surface area contributed by atoms with Gasteiger partial charge >= 0.3 is 5.16 Å². The van der Waals surface area contributed by atoms with Crippen molar-refractivity contribution in [3.8, 4) is 11.6 Å². The average molecular weight is 356 g/mol. The van der Waals surface area contributed by atoms with E-state index in [1.54, 1.807) is 23.6 Å². The molecule has 3 heterocycles. The van der Waals surface area contributed by atoms with Crippen molar-refractivity contribution in [2.45, 2.75) is 10.9 Å². The Balaban J connectivity index is 1.49. The number of hydrogen-bond donors (Lipinski definition) is 1. The number of nitrogens with zero attached hydrogens (tertiary/aromatic N) is 3. The Labute approximate surface area is 144 Å². The zero-order valence-corrected chi connectivity index (χ0v) is 14.0. The number of H-pyrrole nitrogens is 1. The highest BCUT2D eigenvalue weighted by Crippen LogP contribution is 2.22. The number of para-hydroxylation sites is 1. The van der Waals surface area contributed by atoms with Gasteiger partial charge in [0.05, 0.1) is 5.52 Å². The fraction of sp³-hybridized carbons (Fsp3) is 0.0625. The standard InChI is InChI=1S/C16H12N4O2S2/c21-24(16-18-12-8-23-9-13(12)19-16)10-14-17-7-6-15(20-14)22-11-4-2-1-3-5-11/h1-9H,10H2,(H,18,19). The molecule has 8 heteroatoms. The van der Waals surface area contributed by atoms with Crippen molar-refractivity contribution in [2.24, 2.45) is 0 Å². The summed E-state index contributed by atoms with van der Waals surface area (Å²) in [5.74, 6) is 1.73. The van der Waals surface area contributed by atoms with E-state index in [0.717, 1.165) is 11.0 Å². The number of ether oxygens (including phenoxy) is 1. The zero-order chi connectivity index (χ0) is 16.4. The van der Waals surface area contributed by atoms with Gasteiger partial charge in [-0.25, -0.2) is 4.98 Å². The van der Waals surface area contributed by atoms with E-state index in [-0.39, 0.29) is 5.75 Å². The number of fused-ring (bicyclic) bond motifs is 1. The maximum absolute atomic E-state index is 12.5. The van der Waals surface area contributed by atoms with Crippen molar-refractivity contribution in [1.29, 1.82) is 0 Å². The van der Waals surface area contributed by atoms with Gasteiger partial charge in [-0.3, -0.25) is 4.98 Å². The smallest absolute Gasteiger partial charge is 0.322 e. The summed E-state index contributed by atoms with van der Waals surface area (Å²) in [4.78, 5) is 15.9. The van der Waals surface area contributed by atoms with Crippen LogP contribution in [0.2, 0.25) is 0 Å². The Morgan fingerprint density at radius 2 is 2.00 bits per heavy atom. The number of rotatable bonds is 5. The molecule has 0 saturated heterocycles. The number of benzene rings is 1. The molecular weight excluding hydrogens is 344 g/mol. The molecule has 3 aromatic heterocycles. The molecule has 120 valence electrons. The van der Waals surface area contributed by atoms with Crippen molar-refractivity contribution >= 4 is 33.5 Å². The molecule has 0 radical (unpaired) electrons. The van der Waals surface area contributed by atoms with Crippen LogP contribution in [0.3, 0.4) is 0 Å². The summed E-state index contributed by atoms with van der Waals surface area (Å²) in [6.07, 6.45) is 1.60. The Morgan fingerprint density at radius 1 is 1.12 bits per heavy atom. The van der Waals surface area contributed by atoms with Gasteiger partial charge in [0.2, 0.25) is 5.88 Å². The number of nitrogens with one attached hydrogen (secondary N) is 1. The van der Waals surface area contributed by atoms with Crippen LogP contribution in [0.4, 0.5) is 0 Å². The van der Waals surface area contributed by atoms with Gasteiger partial charge in [0, 0.05) is 34.2 Å². The van der Waals surface area contributed by atoms with Gasteiger partial charge in [-0.1, -0.05) is 18.2 Å². The maximum atomic E-state index is 12.5. The molecule has 0 aliphatic carbocycles. The summed E-state index contributed by atoms with van der Waals surface area (Å²) in [7, 11) is 0. The van der Waals surface area contributed by atoms with E-state index in [1.165, 1.54) is 0 Å². The molecule has 6 nitrogen and oxygen atoms in total. The minimum Gasteiger partial charge on any atom is -0.609 e. The molecule has 0 fully saturated rings. The topological polar surface area (TPSA) is 86.8 Å². The minimum atomic E-state index is -1.34. The monoisotopic (exact) mass is 356 g/mol. The average Bonchev–Trinajstić information content (AvgIpc) is 3.18. The quantitative estimate of drug-likeness (QED) is 0.553. The van der Waals surface area contributed by atoms with Crippen LogP contribution in [0.15, 0.2) is 58.5 Å². The van der Waals surface area contributed by atoms with Gasteiger partial charge < -0.3 is 9.29 Å². The van der Waals surface area contributed by atoms with E-state index < -0.39 is 11.2 Å². The molecule has 1 aromatic carbocycles. The van der Waals surface area contributed by atoms with E-state index >= 15 is 0 Å². The van der Waals surface area contributed by atoms with Gasteiger partial charge in [-0.15, -0.1) is 11.3 Å². The molecular formula is C16H12N4O2S2. The van der Waals surface area contributed by atoms with Gasteiger partial charge in [-0.2, -0.15) is 9.97 Å². The third-order valence-corrected chi connectivity index (χ3v) is 5.10. The second-order valence-corrected chi connectivity index (χ2v) is 7.04. The molecule has 0 aliphatic rings. The first-order valence-electron chi connectivity index (χ1n) is 7.13. The molecule has 24 heavy (non-hydrogen) atoms. The molecule has 4 rings (SSSR count). The Kier molecular flexibility index (Phi) is 4.16. The van der Waals surface area contributed by atoms with Crippen molar-refractivity contribution in [1.82, 2.24) is 19.9 Å². The summed E-state index contributed by atoms with van der Waals surface area (Å²) in [5, 5.41) is 4.29. The predicted molar refractivity (Wildman–Crippen MR) is 92.6 cm³/mol. The van der Waals surface area contributed by atoms with Crippen LogP contribution in [0.25, 0.3) is 11.0 Å². The zero-order valence-electron chi connectivity index (χ0n) is 12.4. The first-order valence-corrected chi connectivity index (χ1v) is 9.39. The van der Waals surface area contributed by atoms with Crippen molar-refractivity contribution in [3.63, 3.8) is 0 Å². The molecule has 4 aromatic rings. The summed E-state index contributed by atoms with van der Waals surface area (Å²) in [5.41, 5.74) is 1.72. The largest absolute Gasteiger partial charge is 0.609 e. The van der Waals surface area contributed by atoms with E-state index in [2.05, 4.69) is 19.9 Å². The number of aromatic amines is 1. The Bertz CT molecular complexity index is 926. The summed E-state index contributed by atoms with van der Waals surface area (Å²) in [6, 6.07) is 11.0. The number of aromatic nitrogens is 4. The molecule has 1 atom stereocenters. The van der Waals surface area contributed by atoms with Crippen LogP contribution < -0.4 is 4.74 Å². The molecule has 0 bridgehead atoms. The summed E-state index contributed by atoms with van der Waals surface area (Å²) in [6.45, 7) is 0. The van der Waals surface area contributed by atoms with Gasteiger partial charge in [0.25, 0.3) is 0 Å².